The van der Waals surface area contributed by atoms with Gasteiger partial charge in [0.1, 0.15) is 6.17 Å². The molecule has 0 bridgehead atoms. The third-order valence-electron chi connectivity index (χ3n) is 7.32. The number of hydrogen-bond acceptors (Lipinski definition) is 2. The van der Waals surface area contributed by atoms with E-state index >= 15 is 0 Å². The van der Waals surface area contributed by atoms with Gasteiger partial charge in [0.25, 0.3) is 0 Å². The monoisotopic (exact) mass is 416 g/mol. The lowest BCUT2D eigenvalue weighted by molar-refractivity contribution is 0.450. The third kappa shape index (κ3) is 2.53. The van der Waals surface area contributed by atoms with Crippen LogP contribution in [0.5, 0.6) is 0 Å². The molecule has 0 aliphatic carbocycles. The van der Waals surface area contributed by atoms with Crippen LogP contribution in [-0.4, -0.2) is 6.17 Å². The molecule has 2 aliphatic rings. The number of nitrogens with zero attached hydrogens (tertiary/aromatic N) is 2. The quantitative estimate of drug-likeness (QED) is 0.328. The fraction of sp³-hybridized carbons (Fsp3) is 0.200. The normalized spacial score (nSPS) is 17.8. The van der Waals surface area contributed by atoms with Crippen LogP contribution in [0.25, 0.3) is 11.1 Å². The Morgan fingerprint density at radius 2 is 1.22 bits per heavy atom. The minimum absolute atomic E-state index is 0.0271. The van der Waals surface area contributed by atoms with Crippen LogP contribution in [0.2, 0.25) is 0 Å². The van der Waals surface area contributed by atoms with E-state index in [9.17, 15) is 0 Å². The summed E-state index contributed by atoms with van der Waals surface area (Å²) < 4.78 is 0. The maximum atomic E-state index is 2.57. The van der Waals surface area contributed by atoms with E-state index in [-0.39, 0.29) is 11.6 Å². The van der Waals surface area contributed by atoms with Gasteiger partial charge in [0, 0.05) is 16.8 Å². The molecule has 2 aliphatic heterocycles. The lowest BCUT2D eigenvalue weighted by atomic mass is 9.83. The Kier molecular flexibility index (Phi) is 4.04. The molecule has 2 heterocycles. The van der Waals surface area contributed by atoms with Crippen LogP contribution in [0, 0.1) is 13.8 Å². The van der Waals surface area contributed by atoms with E-state index in [0.29, 0.717) is 0 Å². The van der Waals surface area contributed by atoms with E-state index in [0.717, 1.165) is 0 Å². The summed E-state index contributed by atoms with van der Waals surface area (Å²) in [6.07, 6.45) is 0.197. The lowest BCUT2D eigenvalue weighted by Gasteiger charge is -2.37. The van der Waals surface area contributed by atoms with E-state index in [4.69, 9.17) is 0 Å². The molecule has 0 amide bonds. The topological polar surface area (TPSA) is 6.48 Å². The molecule has 2 nitrogen and oxygen atoms in total. The van der Waals surface area contributed by atoms with Gasteiger partial charge >= 0.3 is 0 Å². The molecule has 0 fully saturated rings. The van der Waals surface area contributed by atoms with E-state index in [1.807, 2.05) is 0 Å². The fourth-order valence-electron chi connectivity index (χ4n) is 5.73. The second kappa shape index (κ2) is 6.74. The molecule has 0 N–H and O–H groups in total. The van der Waals surface area contributed by atoms with Gasteiger partial charge < -0.3 is 9.80 Å². The summed E-state index contributed by atoms with van der Waals surface area (Å²) in [6.45, 7) is 9.18. The summed E-state index contributed by atoms with van der Waals surface area (Å²) in [5.74, 6) is 0. The number of rotatable bonds is 2. The van der Waals surface area contributed by atoms with Crippen LogP contribution in [0.4, 0.5) is 22.7 Å². The molecule has 2 heteroatoms. The molecular formula is C30H28N2. The molecule has 0 saturated carbocycles. The highest BCUT2D eigenvalue weighted by Crippen LogP contribution is 2.59. The second-order valence-electron chi connectivity index (χ2n) is 9.66. The van der Waals surface area contributed by atoms with Crippen molar-refractivity contribution in [2.45, 2.75) is 39.3 Å². The Balaban J connectivity index is 1.63. The van der Waals surface area contributed by atoms with Gasteiger partial charge in [-0.25, -0.2) is 0 Å². The summed E-state index contributed by atoms with van der Waals surface area (Å²) in [6, 6.07) is 33.3. The number of fused-ring (bicyclic) bond motifs is 5. The summed E-state index contributed by atoms with van der Waals surface area (Å²) in [5.41, 5.74) is 11.7. The Morgan fingerprint density at radius 1 is 0.594 bits per heavy atom. The number of benzene rings is 4. The van der Waals surface area contributed by atoms with Gasteiger partial charge in [0.15, 0.2) is 0 Å². The van der Waals surface area contributed by atoms with Crippen LogP contribution in [0.1, 0.15) is 30.5 Å². The van der Waals surface area contributed by atoms with E-state index in [2.05, 4.69) is 128 Å². The van der Waals surface area contributed by atoms with Crippen LogP contribution in [0.15, 0.2) is 91.0 Å². The molecule has 6 rings (SSSR count). The fourth-order valence-corrected chi connectivity index (χ4v) is 5.73. The maximum Gasteiger partial charge on any atom is 0.120 e. The largest absolute Gasteiger partial charge is 0.317 e. The number of anilines is 4. The molecule has 1 atom stereocenters. The van der Waals surface area contributed by atoms with Crippen molar-refractivity contribution < 1.29 is 0 Å². The van der Waals surface area contributed by atoms with Crippen LogP contribution in [0.3, 0.4) is 0 Å². The SMILES string of the molecule is Cc1ccccc1-c1ccc2c(c1)N1c3ccccc3C(C)(C)C1N2c1ccccc1C. The lowest BCUT2D eigenvalue weighted by Crippen LogP contribution is -2.46. The minimum atomic E-state index is -0.0271. The first-order valence-electron chi connectivity index (χ1n) is 11.4. The third-order valence-corrected chi connectivity index (χ3v) is 7.32. The Labute approximate surface area is 190 Å². The highest BCUT2D eigenvalue weighted by Gasteiger charge is 2.53. The van der Waals surface area contributed by atoms with Gasteiger partial charge in [-0.05, 0) is 65.9 Å². The molecule has 0 radical (unpaired) electrons. The molecule has 32 heavy (non-hydrogen) atoms. The Bertz CT molecular complexity index is 1350. The van der Waals surface area contributed by atoms with Crippen molar-refractivity contribution in [3.63, 3.8) is 0 Å². The minimum Gasteiger partial charge on any atom is -0.317 e. The number of para-hydroxylation sites is 2. The van der Waals surface area contributed by atoms with Crippen LogP contribution >= 0.6 is 0 Å². The predicted octanol–water partition coefficient (Wildman–Crippen LogP) is 7.88. The standard InChI is InChI=1S/C30H28N2/c1-20-11-5-7-13-23(20)22-17-18-27-28(19-22)32-26-16-10-8-14-24(26)30(3,4)29(32)31(27)25-15-9-6-12-21(25)2/h5-19,29H,1-4H3. The highest BCUT2D eigenvalue weighted by atomic mass is 15.4. The highest BCUT2D eigenvalue weighted by molar-refractivity contribution is 5.95. The first-order valence-corrected chi connectivity index (χ1v) is 11.4. The molecule has 0 spiro atoms. The van der Waals surface area contributed by atoms with Crippen molar-refractivity contribution in [1.82, 2.24) is 0 Å². The summed E-state index contributed by atoms with van der Waals surface area (Å²) in [5, 5.41) is 0. The van der Waals surface area contributed by atoms with Gasteiger partial charge in [-0.1, -0.05) is 80.6 Å². The number of aryl methyl sites for hydroxylation is 2. The zero-order valence-corrected chi connectivity index (χ0v) is 19.1. The van der Waals surface area contributed by atoms with Crippen LogP contribution < -0.4 is 9.80 Å². The Hall–Kier alpha value is -3.52. The van der Waals surface area contributed by atoms with Gasteiger partial charge in [-0.15, -0.1) is 0 Å². The molecule has 4 aromatic carbocycles. The van der Waals surface area contributed by atoms with Gasteiger partial charge in [-0.3, -0.25) is 0 Å². The average molecular weight is 417 g/mol. The predicted molar refractivity (Wildman–Crippen MR) is 135 cm³/mol. The van der Waals surface area contributed by atoms with Crippen molar-refractivity contribution in [3.05, 3.63) is 108 Å². The molecule has 158 valence electrons. The number of hydrogen-bond donors (Lipinski definition) is 0. The van der Waals surface area contributed by atoms with Crippen molar-refractivity contribution >= 4 is 22.7 Å². The van der Waals surface area contributed by atoms with Gasteiger partial charge in [0.2, 0.25) is 0 Å². The summed E-state index contributed by atoms with van der Waals surface area (Å²) >= 11 is 0. The summed E-state index contributed by atoms with van der Waals surface area (Å²) in [4.78, 5) is 5.13. The van der Waals surface area contributed by atoms with Crippen LogP contribution in [-0.2, 0) is 5.41 Å². The van der Waals surface area contributed by atoms with Gasteiger partial charge in [0.05, 0.1) is 11.4 Å². The zero-order valence-electron chi connectivity index (χ0n) is 19.1. The smallest absolute Gasteiger partial charge is 0.120 e. The molecule has 0 aromatic heterocycles. The van der Waals surface area contributed by atoms with Gasteiger partial charge in [-0.2, -0.15) is 0 Å². The molecule has 4 aromatic rings. The summed E-state index contributed by atoms with van der Waals surface area (Å²) in [7, 11) is 0. The van der Waals surface area contributed by atoms with E-state index in [1.54, 1.807) is 0 Å². The first kappa shape index (κ1) is 19.2. The maximum absolute atomic E-state index is 2.57. The van der Waals surface area contributed by atoms with E-state index in [1.165, 1.54) is 50.6 Å². The molecule has 0 saturated heterocycles. The second-order valence-corrected chi connectivity index (χ2v) is 9.66. The zero-order chi connectivity index (χ0) is 22.0. The Morgan fingerprint density at radius 3 is 1.97 bits per heavy atom. The van der Waals surface area contributed by atoms with E-state index < -0.39 is 0 Å². The molecule has 1 unspecified atom stereocenters. The molecular weight excluding hydrogens is 388 g/mol. The van der Waals surface area contributed by atoms with Crippen molar-refractivity contribution in [2.24, 2.45) is 0 Å². The van der Waals surface area contributed by atoms with Crippen molar-refractivity contribution in [3.8, 4) is 11.1 Å². The average Bonchev–Trinajstić information content (AvgIpc) is 3.25. The first-order chi connectivity index (χ1) is 15.5. The van der Waals surface area contributed by atoms with Crippen molar-refractivity contribution in [1.29, 1.82) is 0 Å². The van der Waals surface area contributed by atoms with Crippen molar-refractivity contribution in [2.75, 3.05) is 9.80 Å².